The van der Waals surface area contributed by atoms with E-state index in [-0.39, 0.29) is 11.8 Å². The van der Waals surface area contributed by atoms with Gasteiger partial charge in [-0.25, -0.2) is 0 Å². The van der Waals surface area contributed by atoms with Crippen molar-refractivity contribution in [1.29, 1.82) is 0 Å². The summed E-state index contributed by atoms with van der Waals surface area (Å²) in [6, 6.07) is 0. The zero-order chi connectivity index (χ0) is 21.1. The normalized spacial score (nSPS) is 11.0. The van der Waals surface area contributed by atoms with Gasteiger partial charge in [0.1, 0.15) is 0 Å². The molecule has 0 heterocycles. The first-order valence-electron chi connectivity index (χ1n) is 11.2. The molecule has 0 aliphatic heterocycles. The van der Waals surface area contributed by atoms with Crippen molar-refractivity contribution in [2.45, 2.75) is 105 Å². The second-order valence-corrected chi connectivity index (χ2v) is 7.81. The van der Waals surface area contributed by atoms with Crippen molar-refractivity contribution in [2.24, 2.45) is 11.5 Å². The van der Waals surface area contributed by atoms with Gasteiger partial charge in [-0.1, -0.05) is 53.4 Å². The predicted molar refractivity (Wildman–Crippen MR) is 118 cm³/mol. The number of carbonyl (C=O) groups is 2. The number of primary amides is 2. The van der Waals surface area contributed by atoms with Crippen LogP contribution in [0.5, 0.6) is 0 Å². The highest BCUT2D eigenvalue weighted by molar-refractivity contribution is 6.02. The molecule has 158 valence electrons. The van der Waals surface area contributed by atoms with Gasteiger partial charge in [0.2, 0.25) is 11.8 Å². The average Bonchev–Trinajstić information content (AvgIpc) is 2.66. The highest BCUT2D eigenvalue weighted by Crippen LogP contribution is 2.33. The number of amides is 2. The van der Waals surface area contributed by atoms with Crippen LogP contribution in [0.2, 0.25) is 0 Å². The Kier molecular flexibility index (Phi) is 10.9. The number of hydrogen-bond donors (Lipinski definition) is 2. The Morgan fingerprint density at radius 3 is 0.893 bits per heavy atom. The maximum Gasteiger partial charge on any atom is 0.249 e. The molecule has 0 unspecified atom stereocenters. The van der Waals surface area contributed by atoms with Crippen LogP contribution in [0.3, 0.4) is 0 Å². The van der Waals surface area contributed by atoms with Gasteiger partial charge in [-0.3, -0.25) is 9.59 Å². The predicted octanol–water partition coefficient (Wildman–Crippen LogP) is 5.25. The number of benzene rings is 1. The Hall–Kier alpha value is -1.84. The van der Waals surface area contributed by atoms with Crippen LogP contribution in [-0.2, 0) is 25.7 Å². The molecule has 4 nitrogen and oxygen atoms in total. The van der Waals surface area contributed by atoms with Gasteiger partial charge in [-0.2, -0.15) is 0 Å². The van der Waals surface area contributed by atoms with Gasteiger partial charge < -0.3 is 11.5 Å². The summed E-state index contributed by atoms with van der Waals surface area (Å²) in [7, 11) is 0. The van der Waals surface area contributed by atoms with Crippen molar-refractivity contribution < 1.29 is 9.59 Å². The molecule has 0 aliphatic carbocycles. The van der Waals surface area contributed by atoms with Crippen molar-refractivity contribution in [3.63, 3.8) is 0 Å². The molecular weight excluding hydrogens is 348 g/mol. The molecule has 0 radical (unpaired) electrons. The van der Waals surface area contributed by atoms with Crippen LogP contribution in [-0.4, -0.2) is 11.8 Å². The summed E-state index contributed by atoms with van der Waals surface area (Å²) in [5.41, 5.74) is 17.2. The topological polar surface area (TPSA) is 86.2 Å². The van der Waals surface area contributed by atoms with E-state index in [0.29, 0.717) is 11.1 Å². The molecule has 0 atom stereocenters. The Balaban J connectivity index is 3.89. The lowest BCUT2D eigenvalue weighted by molar-refractivity contribution is 0.0984. The molecule has 0 aromatic heterocycles. The average molecular weight is 389 g/mol. The van der Waals surface area contributed by atoms with Crippen LogP contribution in [0.25, 0.3) is 0 Å². The van der Waals surface area contributed by atoms with Crippen LogP contribution < -0.4 is 11.5 Å². The van der Waals surface area contributed by atoms with E-state index in [1.54, 1.807) is 0 Å². The zero-order valence-corrected chi connectivity index (χ0v) is 18.5. The minimum Gasteiger partial charge on any atom is -0.366 e. The van der Waals surface area contributed by atoms with E-state index in [0.717, 1.165) is 99.3 Å². The fourth-order valence-corrected chi connectivity index (χ4v) is 4.08. The Bertz CT molecular complexity index is 567. The standard InChI is InChI=1S/C24H40N2O2/c1-5-9-13-17-18(14-10-6-2)22(24(26)28)20(16-12-8-4)19(15-11-7-3)21(17)23(25)27/h5-16H2,1-4H3,(H2,25,27)(H2,26,28). The van der Waals surface area contributed by atoms with E-state index in [9.17, 15) is 9.59 Å². The minimum atomic E-state index is -0.358. The lowest BCUT2D eigenvalue weighted by atomic mass is 9.79. The van der Waals surface area contributed by atoms with Crippen LogP contribution >= 0.6 is 0 Å². The summed E-state index contributed by atoms with van der Waals surface area (Å²) in [6.45, 7) is 8.55. The number of hydrogen-bond acceptors (Lipinski definition) is 2. The molecule has 4 N–H and O–H groups in total. The Morgan fingerprint density at radius 1 is 0.536 bits per heavy atom. The molecular formula is C24H40N2O2. The molecule has 1 aromatic carbocycles. The lowest BCUT2D eigenvalue weighted by Gasteiger charge is -2.25. The summed E-state index contributed by atoms with van der Waals surface area (Å²) in [4.78, 5) is 25.2. The van der Waals surface area contributed by atoms with E-state index in [1.807, 2.05) is 0 Å². The monoisotopic (exact) mass is 388 g/mol. The van der Waals surface area contributed by atoms with E-state index < -0.39 is 0 Å². The van der Waals surface area contributed by atoms with Gasteiger partial charge in [0, 0.05) is 11.1 Å². The quantitative estimate of drug-likeness (QED) is 0.456. The Labute approximate surface area is 171 Å². The fourth-order valence-electron chi connectivity index (χ4n) is 4.08. The maximum absolute atomic E-state index is 12.6. The minimum absolute atomic E-state index is 0.358. The maximum atomic E-state index is 12.6. The smallest absolute Gasteiger partial charge is 0.249 e. The van der Waals surface area contributed by atoms with Crippen LogP contribution in [0.4, 0.5) is 0 Å². The number of unbranched alkanes of at least 4 members (excludes halogenated alkanes) is 4. The number of nitrogens with two attached hydrogens (primary N) is 2. The van der Waals surface area contributed by atoms with Gasteiger partial charge >= 0.3 is 0 Å². The van der Waals surface area contributed by atoms with E-state index in [2.05, 4.69) is 27.7 Å². The van der Waals surface area contributed by atoms with Crippen LogP contribution in [0, 0.1) is 0 Å². The third-order valence-corrected chi connectivity index (χ3v) is 5.55. The second kappa shape index (κ2) is 12.6. The van der Waals surface area contributed by atoms with Gasteiger partial charge in [0.05, 0.1) is 0 Å². The first-order valence-corrected chi connectivity index (χ1v) is 11.2. The van der Waals surface area contributed by atoms with Crippen LogP contribution in [0.15, 0.2) is 0 Å². The first-order chi connectivity index (χ1) is 13.4. The van der Waals surface area contributed by atoms with Crippen molar-refractivity contribution in [3.05, 3.63) is 33.4 Å². The van der Waals surface area contributed by atoms with Crippen molar-refractivity contribution >= 4 is 11.8 Å². The van der Waals surface area contributed by atoms with Gasteiger partial charge in [0.25, 0.3) is 0 Å². The number of rotatable bonds is 14. The molecule has 1 rings (SSSR count). The van der Waals surface area contributed by atoms with Gasteiger partial charge in [-0.05, 0) is 73.6 Å². The lowest BCUT2D eigenvalue weighted by Crippen LogP contribution is -2.26. The molecule has 0 spiro atoms. The molecule has 0 saturated heterocycles. The zero-order valence-electron chi connectivity index (χ0n) is 18.5. The molecule has 4 heteroatoms. The summed E-state index contributed by atoms with van der Waals surface area (Å²) in [6.07, 6.45) is 11.1. The second-order valence-electron chi connectivity index (χ2n) is 7.81. The highest BCUT2D eigenvalue weighted by Gasteiger charge is 2.27. The summed E-state index contributed by atoms with van der Waals surface area (Å²) >= 11 is 0. The molecule has 2 amide bonds. The van der Waals surface area contributed by atoms with Crippen LogP contribution in [0.1, 0.15) is 122 Å². The molecule has 28 heavy (non-hydrogen) atoms. The highest BCUT2D eigenvalue weighted by atomic mass is 16.1. The third-order valence-electron chi connectivity index (χ3n) is 5.55. The van der Waals surface area contributed by atoms with E-state index in [1.165, 1.54) is 0 Å². The summed E-state index contributed by atoms with van der Waals surface area (Å²) < 4.78 is 0. The van der Waals surface area contributed by atoms with Gasteiger partial charge in [-0.15, -0.1) is 0 Å². The van der Waals surface area contributed by atoms with E-state index >= 15 is 0 Å². The SMILES string of the molecule is CCCCc1c(CCCC)c(C(N)=O)c(CCCC)c(CCCC)c1C(N)=O. The van der Waals surface area contributed by atoms with Gasteiger partial charge in [0.15, 0.2) is 0 Å². The van der Waals surface area contributed by atoms with Crippen molar-refractivity contribution in [3.8, 4) is 0 Å². The first kappa shape index (κ1) is 24.2. The molecule has 0 bridgehead atoms. The summed E-state index contributed by atoms with van der Waals surface area (Å²) in [5, 5.41) is 0. The van der Waals surface area contributed by atoms with E-state index in [4.69, 9.17) is 11.5 Å². The Morgan fingerprint density at radius 2 is 0.750 bits per heavy atom. The van der Waals surface area contributed by atoms with Crippen molar-refractivity contribution in [1.82, 2.24) is 0 Å². The third kappa shape index (κ3) is 6.08. The molecule has 0 fully saturated rings. The molecule has 0 saturated carbocycles. The molecule has 1 aromatic rings. The van der Waals surface area contributed by atoms with Crippen molar-refractivity contribution in [2.75, 3.05) is 0 Å². The number of carbonyl (C=O) groups excluding carboxylic acids is 2. The largest absolute Gasteiger partial charge is 0.366 e. The summed E-state index contributed by atoms with van der Waals surface area (Å²) in [5.74, 6) is -0.715. The molecule has 0 aliphatic rings. The fraction of sp³-hybridized carbons (Fsp3) is 0.667.